The second-order valence-corrected chi connectivity index (χ2v) is 11.2. The molecule has 1 aliphatic rings. The molecule has 1 aromatic carbocycles. The van der Waals surface area contributed by atoms with Gasteiger partial charge in [0.15, 0.2) is 11.6 Å². The number of hydrogen-bond acceptors (Lipinski definition) is 4. The molecule has 0 spiro atoms. The molecule has 1 fully saturated rings. The van der Waals surface area contributed by atoms with E-state index in [-0.39, 0.29) is 23.0 Å². The zero-order chi connectivity index (χ0) is 26.0. The molecule has 36 heavy (non-hydrogen) atoms. The van der Waals surface area contributed by atoms with Crippen LogP contribution in [0.25, 0.3) is 0 Å². The van der Waals surface area contributed by atoms with E-state index < -0.39 is 0 Å². The van der Waals surface area contributed by atoms with Gasteiger partial charge < -0.3 is 5.32 Å². The summed E-state index contributed by atoms with van der Waals surface area (Å²) in [5.74, 6) is 0.973. The van der Waals surface area contributed by atoms with Crippen molar-refractivity contribution in [2.45, 2.75) is 85.4 Å². The number of anilines is 2. The lowest BCUT2D eigenvalue weighted by Gasteiger charge is -2.38. The molecular formula is C29H39F2N5. The lowest BCUT2D eigenvalue weighted by Crippen LogP contribution is -2.41. The van der Waals surface area contributed by atoms with E-state index >= 15 is 0 Å². The zero-order valence-electron chi connectivity index (χ0n) is 22.4. The minimum Gasteiger partial charge on any atom is -0.323 e. The Labute approximate surface area is 213 Å². The number of benzene rings is 1. The van der Waals surface area contributed by atoms with Crippen molar-refractivity contribution < 1.29 is 8.78 Å². The number of pyridine rings is 1. The summed E-state index contributed by atoms with van der Waals surface area (Å²) in [7, 11) is 0. The highest BCUT2D eigenvalue weighted by Crippen LogP contribution is 2.29. The topological polar surface area (TPSA) is 46.0 Å². The molecule has 7 heteroatoms. The number of nitrogens with zero attached hydrogens (tertiary/aromatic N) is 4. The van der Waals surface area contributed by atoms with Crippen LogP contribution in [0.15, 0.2) is 36.4 Å². The van der Waals surface area contributed by atoms with Gasteiger partial charge in [0.1, 0.15) is 11.6 Å². The molecule has 2 aromatic heterocycles. The van der Waals surface area contributed by atoms with Crippen molar-refractivity contribution in [3.05, 3.63) is 70.5 Å². The normalized spacial score (nSPS) is 19.0. The van der Waals surface area contributed by atoms with Crippen LogP contribution in [0, 0.1) is 24.5 Å². The fraction of sp³-hybridized carbons (Fsp3) is 0.517. The number of rotatable bonds is 7. The molecule has 3 aromatic rings. The van der Waals surface area contributed by atoms with Gasteiger partial charge in [0.2, 0.25) is 0 Å². The molecule has 1 unspecified atom stereocenters. The first kappa shape index (κ1) is 26.3. The Morgan fingerprint density at radius 3 is 2.56 bits per heavy atom. The molecule has 1 aliphatic heterocycles. The quantitative estimate of drug-likeness (QED) is 0.393. The standard InChI is InChI=1S/C29H39F2N5/c1-7-22-9-8-10-23(27(22)31)18-35-14-13-21(16-20(35)3)17-24-11-12-25(30)28(32-24)33-26-15-19(2)34-36(26)29(4,5)6/h8-12,15,20-21H,7,13-14,16-18H2,1-6H3,(H,32,33)/t20-,21?/m1/s1. The molecule has 0 amide bonds. The van der Waals surface area contributed by atoms with Crippen LogP contribution in [-0.4, -0.2) is 32.3 Å². The van der Waals surface area contributed by atoms with Crippen molar-refractivity contribution in [2.24, 2.45) is 5.92 Å². The van der Waals surface area contributed by atoms with Gasteiger partial charge in [-0.15, -0.1) is 0 Å². The SMILES string of the molecule is CCc1cccc(CN2CCC(Cc3ccc(F)c(Nc4cc(C)nn4C(C)(C)C)n3)C[C@H]2C)c1F. The van der Waals surface area contributed by atoms with Crippen LogP contribution in [0.3, 0.4) is 0 Å². The third-order valence-corrected chi connectivity index (χ3v) is 7.15. The predicted octanol–water partition coefficient (Wildman–Crippen LogP) is 6.77. The molecule has 1 saturated heterocycles. The summed E-state index contributed by atoms with van der Waals surface area (Å²) < 4.78 is 31.3. The Hall–Kier alpha value is -2.80. The Morgan fingerprint density at radius 2 is 1.86 bits per heavy atom. The van der Waals surface area contributed by atoms with E-state index in [9.17, 15) is 8.78 Å². The van der Waals surface area contributed by atoms with Crippen LogP contribution in [0.5, 0.6) is 0 Å². The minimum atomic E-state index is -0.377. The van der Waals surface area contributed by atoms with Crippen molar-refractivity contribution in [2.75, 3.05) is 11.9 Å². The molecule has 1 N–H and O–H groups in total. The maximum absolute atomic E-state index is 14.8. The number of aryl methyl sites for hydroxylation is 2. The van der Waals surface area contributed by atoms with Gasteiger partial charge in [-0.05, 0) is 90.5 Å². The summed E-state index contributed by atoms with van der Waals surface area (Å²) >= 11 is 0. The highest BCUT2D eigenvalue weighted by atomic mass is 19.1. The Bertz CT molecular complexity index is 1200. The van der Waals surface area contributed by atoms with Crippen LogP contribution >= 0.6 is 0 Å². The molecule has 0 bridgehead atoms. The van der Waals surface area contributed by atoms with E-state index in [0.717, 1.165) is 54.1 Å². The molecule has 4 rings (SSSR count). The summed E-state index contributed by atoms with van der Waals surface area (Å²) in [5, 5.41) is 7.73. The molecule has 3 heterocycles. The summed E-state index contributed by atoms with van der Waals surface area (Å²) in [4.78, 5) is 7.02. The average molecular weight is 496 g/mol. The van der Waals surface area contributed by atoms with E-state index in [0.29, 0.717) is 24.9 Å². The van der Waals surface area contributed by atoms with E-state index in [2.05, 4.69) is 48.0 Å². The first-order valence-corrected chi connectivity index (χ1v) is 13.0. The van der Waals surface area contributed by atoms with Crippen molar-refractivity contribution in [3.63, 3.8) is 0 Å². The number of hydrogen-bond donors (Lipinski definition) is 1. The van der Waals surface area contributed by atoms with Crippen molar-refractivity contribution in [3.8, 4) is 0 Å². The molecule has 194 valence electrons. The van der Waals surface area contributed by atoms with Crippen molar-refractivity contribution in [1.29, 1.82) is 0 Å². The van der Waals surface area contributed by atoms with Crippen LogP contribution in [-0.2, 0) is 24.9 Å². The van der Waals surface area contributed by atoms with Crippen LogP contribution in [0.2, 0.25) is 0 Å². The van der Waals surface area contributed by atoms with Crippen LogP contribution in [0.1, 0.15) is 70.0 Å². The summed E-state index contributed by atoms with van der Waals surface area (Å²) in [5.41, 5.74) is 3.06. The zero-order valence-corrected chi connectivity index (χ0v) is 22.4. The van der Waals surface area contributed by atoms with Gasteiger partial charge in [0.05, 0.1) is 11.2 Å². The second kappa shape index (κ2) is 10.7. The number of nitrogens with one attached hydrogen (secondary N) is 1. The number of aromatic nitrogens is 3. The molecular weight excluding hydrogens is 456 g/mol. The van der Waals surface area contributed by atoms with Gasteiger partial charge in [-0.1, -0.05) is 25.1 Å². The van der Waals surface area contributed by atoms with Crippen molar-refractivity contribution >= 4 is 11.6 Å². The van der Waals surface area contributed by atoms with E-state index in [1.165, 1.54) is 6.07 Å². The average Bonchev–Trinajstić information content (AvgIpc) is 3.19. The largest absolute Gasteiger partial charge is 0.323 e. The van der Waals surface area contributed by atoms with Gasteiger partial charge in [-0.25, -0.2) is 18.4 Å². The maximum Gasteiger partial charge on any atom is 0.168 e. The Morgan fingerprint density at radius 1 is 1.11 bits per heavy atom. The molecule has 0 saturated carbocycles. The molecule has 2 atom stereocenters. The van der Waals surface area contributed by atoms with E-state index in [1.807, 2.05) is 42.8 Å². The molecule has 5 nitrogen and oxygen atoms in total. The lowest BCUT2D eigenvalue weighted by molar-refractivity contribution is 0.114. The van der Waals surface area contributed by atoms with E-state index in [4.69, 9.17) is 0 Å². The lowest BCUT2D eigenvalue weighted by atomic mass is 9.87. The van der Waals surface area contributed by atoms with Crippen LogP contribution < -0.4 is 5.32 Å². The van der Waals surface area contributed by atoms with Gasteiger partial charge in [0.25, 0.3) is 0 Å². The summed E-state index contributed by atoms with van der Waals surface area (Å²) in [6, 6.07) is 11.3. The van der Waals surface area contributed by atoms with Gasteiger partial charge in [-0.3, -0.25) is 4.90 Å². The Balaban J connectivity index is 1.41. The van der Waals surface area contributed by atoms with Gasteiger partial charge >= 0.3 is 0 Å². The van der Waals surface area contributed by atoms with E-state index in [1.54, 1.807) is 6.07 Å². The van der Waals surface area contributed by atoms with Crippen molar-refractivity contribution in [1.82, 2.24) is 19.7 Å². The Kier molecular flexibility index (Phi) is 7.79. The first-order valence-electron chi connectivity index (χ1n) is 13.0. The highest BCUT2D eigenvalue weighted by Gasteiger charge is 2.27. The first-order chi connectivity index (χ1) is 17.0. The maximum atomic E-state index is 14.8. The highest BCUT2D eigenvalue weighted by molar-refractivity contribution is 5.54. The van der Waals surface area contributed by atoms with Gasteiger partial charge in [0, 0.05) is 29.9 Å². The smallest absolute Gasteiger partial charge is 0.168 e. The minimum absolute atomic E-state index is 0.0622. The third kappa shape index (κ3) is 5.94. The van der Waals surface area contributed by atoms with Gasteiger partial charge in [-0.2, -0.15) is 5.10 Å². The fourth-order valence-electron chi connectivity index (χ4n) is 5.19. The molecule has 0 radical (unpaired) electrons. The summed E-state index contributed by atoms with van der Waals surface area (Å²) in [6.45, 7) is 13.9. The third-order valence-electron chi connectivity index (χ3n) is 7.15. The fourth-order valence-corrected chi connectivity index (χ4v) is 5.19. The monoisotopic (exact) mass is 495 g/mol. The number of likely N-dealkylation sites (tertiary alicyclic amines) is 1. The van der Waals surface area contributed by atoms with Crippen LogP contribution in [0.4, 0.5) is 20.4 Å². The second-order valence-electron chi connectivity index (χ2n) is 11.2. The summed E-state index contributed by atoms with van der Waals surface area (Å²) in [6.07, 6.45) is 3.52. The number of piperidine rings is 1. The number of halogens is 2. The molecule has 0 aliphatic carbocycles. The predicted molar refractivity (Wildman–Crippen MR) is 142 cm³/mol.